The molecule has 0 spiro atoms. The van der Waals surface area contributed by atoms with Crippen molar-refractivity contribution < 1.29 is 14.3 Å². The summed E-state index contributed by atoms with van der Waals surface area (Å²) in [4.78, 5) is 29.0. The van der Waals surface area contributed by atoms with Crippen LogP contribution in [0.15, 0.2) is 66.7 Å². The lowest BCUT2D eigenvalue weighted by Gasteiger charge is -2.07. The minimum Gasteiger partial charge on any atom is -0.497 e. The van der Waals surface area contributed by atoms with Gasteiger partial charge < -0.3 is 15.4 Å². The van der Waals surface area contributed by atoms with Gasteiger partial charge in [0.15, 0.2) is 0 Å². The molecule has 7 heteroatoms. The van der Waals surface area contributed by atoms with Crippen molar-refractivity contribution in [2.75, 3.05) is 17.7 Å². The van der Waals surface area contributed by atoms with Gasteiger partial charge in [-0.2, -0.15) is 0 Å². The Morgan fingerprint density at radius 2 is 1.47 bits per heavy atom. The van der Waals surface area contributed by atoms with Crippen molar-refractivity contribution in [1.82, 2.24) is 4.98 Å². The van der Waals surface area contributed by atoms with Gasteiger partial charge in [-0.15, -0.1) is 11.3 Å². The lowest BCUT2D eigenvalue weighted by atomic mass is 10.2. The van der Waals surface area contributed by atoms with Gasteiger partial charge in [-0.1, -0.05) is 6.07 Å². The zero-order valence-corrected chi connectivity index (χ0v) is 17.2. The number of aromatic nitrogens is 1. The van der Waals surface area contributed by atoms with Crippen LogP contribution >= 0.6 is 11.3 Å². The van der Waals surface area contributed by atoms with Gasteiger partial charge in [0.2, 0.25) is 0 Å². The summed E-state index contributed by atoms with van der Waals surface area (Å²) in [5.41, 5.74) is 4.16. The Balaban J connectivity index is 1.41. The second kappa shape index (κ2) is 8.34. The molecule has 1 heterocycles. The molecule has 0 fully saturated rings. The molecule has 0 aliphatic rings. The number of methoxy groups -OCH3 is 1. The lowest BCUT2D eigenvalue weighted by Crippen LogP contribution is -2.29. The minimum atomic E-state index is -0.745. The molecule has 30 heavy (non-hydrogen) atoms. The summed E-state index contributed by atoms with van der Waals surface area (Å²) < 4.78 is 6.21. The smallest absolute Gasteiger partial charge is 0.314 e. The number of carbonyl (C=O) groups is 2. The summed E-state index contributed by atoms with van der Waals surface area (Å²) in [5, 5.41) is 6.07. The summed E-state index contributed by atoms with van der Waals surface area (Å²) in [7, 11) is 1.56. The monoisotopic (exact) mass is 417 g/mol. The van der Waals surface area contributed by atoms with E-state index in [9.17, 15) is 9.59 Å². The second-order valence-corrected chi connectivity index (χ2v) is 7.73. The summed E-state index contributed by atoms with van der Waals surface area (Å²) in [6.07, 6.45) is 0. The largest absolute Gasteiger partial charge is 0.497 e. The van der Waals surface area contributed by atoms with Gasteiger partial charge in [-0.25, -0.2) is 4.98 Å². The number of hydrogen-bond acceptors (Lipinski definition) is 5. The number of ether oxygens (including phenoxy) is 1. The number of rotatable bonds is 4. The number of thiazole rings is 1. The molecule has 0 radical (unpaired) electrons. The van der Waals surface area contributed by atoms with Crippen molar-refractivity contribution in [3.8, 4) is 16.3 Å². The number of aryl methyl sites for hydroxylation is 1. The van der Waals surface area contributed by atoms with Gasteiger partial charge >= 0.3 is 11.8 Å². The lowest BCUT2D eigenvalue weighted by molar-refractivity contribution is -0.132. The van der Waals surface area contributed by atoms with Crippen molar-refractivity contribution in [3.63, 3.8) is 0 Å². The average Bonchev–Trinajstić information content (AvgIpc) is 3.18. The fourth-order valence-corrected chi connectivity index (χ4v) is 3.97. The molecule has 0 saturated carbocycles. The van der Waals surface area contributed by atoms with Gasteiger partial charge in [0.05, 0.1) is 17.3 Å². The highest BCUT2D eigenvalue weighted by atomic mass is 32.1. The van der Waals surface area contributed by atoms with Crippen LogP contribution in [0, 0.1) is 6.92 Å². The molecule has 6 nitrogen and oxygen atoms in total. The maximum atomic E-state index is 12.2. The van der Waals surface area contributed by atoms with Crippen LogP contribution in [-0.2, 0) is 9.59 Å². The van der Waals surface area contributed by atoms with E-state index in [-0.39, 0.29) is 0 Å². The van der Waals surface area contributed by atoms with Gasteiger partial charge in [-0.05, 0) is 73.2 Å². The summed E-state index contributed by atoms with van der Waals surface area (Å²) in [6, 6.07) is 20.2. The van der Waals surface area contributed by atoms with Gasteiger partial charge in [-0.3, -0.25) is 9.59 Å². The first-order valence-electron chi connectivity index (χ1n) is 9.26. The van der Waals surface area contributed by atoms with E-state index in [0.29, 0.717) is 17.1 Å². The standard InChI is InChI=1S/C23H19N3O3S/c1-14-3-12-19-20(13-14)30-23(26-19)15-4-6-16(7-5-15)24-21(27)22(28)25-17-8-10-18(29-2)11-9-17/h3-13H,1-2H3,(H,24,27)(H,25,28). The molecule has 3 aromatic carbocycles. The predicted octanol–water partition coefficient (Wildman–Crippen LogP) is 4.86. The third-order valence-corrected chi connectivity index (χ3v) is 5.56. The zero-order valence-electron chi connectivity index (χ0n) is 16.4. The highest BCUT2D eigenvalue weighted by Crippen LogP contribution is 2.31. The van der Waals surface area contributed by atoms with E-state index in [1.165, 1.54) is 5.56 Å². The third kappa shape index (κ3) is 4.31. The van der Waals surface area contributed by atoms with Crippen LogP contribution in [0.3, 0.4) is 0 Å². The van der Waals surface area contributed by atoms with Gasteiger partial charge in [0, 0.05) is 16.9 Å². The first-order chi connectivity index (χ1) is 14.5. The average molecular weight is 417 g/mol. The molecule has 0 unspecified atom stereocenters. The quantitative estimate of drug-likeness (QED) is 0.465. The van der Waals surface area contributed by atoms with Crippen molar-refractivity contribution in [2.24, 2.45) is 0 Å². The molecule has 0 atom stereocenters. The number of carbonyl (C=O) groups excluding carboxylic acids is 2. The number of benzene rings is 3. The van der Waals surface area contributed by atoms with Crippen LogP contribution in [-0.4, -0.2) is 23.9 Å². The van der Waals surface area contributed by atoms with Crippen molar-refractivity contribution in [3.05, 3.63) is 72.3 Å². The van der Waals surface area contributed by atoms with Crippen LogP contribution in [0.1, 0.15) is 5.56 Å². The van der Waals surface area contributed by atoms with Crippen molar-refractivity contribution in [2.45, 2.75) is 6.92 Å². The predicted molar refractivity (Wildman–Crippen MR) is 120 cm³/mol. The Morgan fingerprint density at radius 3 is 2.07 bits per heavy atom. The first kappa shape index (κ1) is 19.6. The van der Waals surface area contributed by atoms with Gasteiger partial charge in [0.1, 0.15) is 10.8 Å². The highest BCUT2D eigenvalue weighted by molar-refractivity contribution is 7.21. The van der Waals surface area contributed by atoms with Gasteiger partial charge in [0.25, 0.3) is 0 Å². The zero-order chi connectivity index (χ0) is 21.1. The molecule has 2 N–H and O–H groups in total. The molecule has 0 bridgehead atoms. The molecule has 2 amide bonds. The molecule has 150 valence electrons. The first-order valence-corrected chi connectivity index (χ1v) is 10.1. The molecule has 0 aliphatic carbocycles. The SMILES string of the molecule is COc1ccc(NC(=O)C(=O)Nc2ccc(-c3nc4ccc(C)cc4s3)cc2)cc1. The Bertz CT molecular complexity index is 1210. The summed E-state index contributed by atoms with van der Waals surface area (Å²) in [6.45, 7) is 2.06. The van der Waals surface area contributed by atoms with E-state index in [1.54, 1.807) is 54.8 Å². The van der Waals surface area contributed by atoms with Crippen LogP contribution < -0.4 is 15.4 Å². The van der Waals surface area contributed by atoms with Crippen LogP contribution in [0.2, 0.25) is 0 Å². The second-order valence-electron chi connectivity index (χ2n) is 6.70. The fourth-order valence-electron chi connectivity index (χ4n) is 2.90. The Labute approximate surface area is 177 Å². The van der Waals surface area contributed by atoms with Crippen LogP contribution in [0.4, 0.5) is 11.4 Å². The van der Waals surface area contributed by atoms with E-state index < -0.39 is 11.8 Å². The van der Waals surface area contributed by atoms with Crippen LogP contribution in [0.25, 0.3) is 20.8 Å². The molecule has 4 rings (SSSR count). The third-order valence-electron chi connectivity index (χ3n) is 4.49. The van der Waals surface area contributed by atoms with E-state index in [0.717, 1.165) is 20.8 Å². The maximum absolute atomic E-state index is 12.2. The Kier molecular flexibility index (Phi) is 5.45. The number of nitrogens with zero attached hydrogens (tertiary/aromatic N) is 1. The Hall–Kier alpha value is -3.71. The number of anilines is 2. The number of fused-ring (bicyclic) bond motifs is 1. The minimum absolute atomic E-state index is 0.511. The number of nitrogens with one attached hydrogen (secondary N) is 2. The topological polar surface area (TPSA) is 80.3 Å². The molecular weight excluding hydrogens is 398 g/mol. The maximum Gasteiger partial charge on any atom is 0.314 e. The Morgan fingerprint density at radius 1 is 0.867 bits per heavy atom. The highest BCUT2D eigenvalue weighted by Gasteiger charge is 2.14. The normalized spacial score (nSPS) is 10.6. The van der Waals surface area contributed by atoms with E-state index in [4.69, 9.17) is 4.74 Å². The number of hydrogen-bond donors (Lipinski definition) is 2. The van der Waals surface area contributed by atoms with E-state index >= 15 is 0 Å². The van der Waals surface area contributed by atoms with E-state index in [1.807, 2.05) is 24.3 Å². The van der Waals surface area contributed by atoms with E-state index in [2.05, 4.69) is 28.6 Å². The molecular formula is C23H19N3O3S. The molecule has 0 saturated heterocycles. The van der Waals surface area contributed by atoms with Crippen molar-refractivity contribution >= 4 is 44.7 Å². The molecule has 4 aromatic rings. The summed E-state index contributed by atoms with van der Waals surface area (Å²) in [5.74, 6) is -0.819. The van der Waals surface area contributed by atoms with Crippen molar-refractivity contribution in [1.29, 1.82) is 0 Å². The molecule has 0 aliphatic heterocycles. The number of amides is 2. The molecule has 1 aromatic heterocycles. The van der Waals surface area contributed by atoms with Crippen LogP contribution in [0.5, 0.6) is 5.75 Å². The summed E-state index contributed by atoms with van der Waals surface area (Å²) >= 11 is 1.62. The fraction of sp³-hybridized carbons (Fsp3) is 0.0870.